The number of carbonyl (C=O) groups is 1. The summed E-state index contributed by atoms with van der Waals surface area (Å²) in [5.41, 5.74) is 9.86. The Morgan fingerprint density at radius 3 is 2.58 bits per heavy atom. The summed E-state index contributed by atoms with van der Waals surface area (Å²) >= 11 is 8.56. The fourth-order valence-corrected chi connectivity index (χ4v) is 4.88. The van der Waals surface area contributed by atoms with Gasteiger partial charge >= 0.3 is 0 Å². The van der Waals surface area contributed by atoms with Crippen molar-refractivity contribution in [3.05, 3.63) is 76.1 Å². The molecule has 9 heteroatoms. The summed E-state index contributed by atoms with van der Waals surface area (Å²) in [5, 5.41) is 6.58. The molecule has 3 N–H and O–H groups in total. The normalized spacial score (nSPS) is 11.0. The van der Waals surface area contributed by atoms with E-state index in [4.69, 9.17) is 17.3 Å². The van der Waals surface area contributed by atoms with Gasteiger partial charge in [0.25, 0.3) is 5.91 Å². The Balaban J connectivity index is 1.42. The molecular formula is C22H14ClN5OS2. The Kier molecular flexibility index (Phi) is 5.11. The highest BCUT2D eigenvalue weighted by Crippen LogP contribution is 2.35. The predicted octanol–water partition coefficient (Wildman–Crippen LogP) is 5.97. The van der Waals surface area contributed by atoms with Gasteiger partial charge in [-0.3, -0.25) is 15.1 Å². The second-order valence-corrected chi connectivity index (χ2v) is 8.90. The Bertz CT molecular complexity index is 1400. The molecule has 6 nitrogen and oxygen atoms in total. The van der Waals surface area contributed by atoms with E-state index in [0.29, 0.717) is 31.2 Å². The van der Waals surface area contributed by atoms with Crippen molar-refractivity contribution in [3.63, 3.8) is 0 Å². The molecule has 0 atom stereocenters. The van der Waals surface area contributed by atoms with Crippen molar-refractivity contribution in [2.75, 3.05) is 11.1 Å². The van der Waals surface area contributed by atoms with E-state index < -0.39 is 0 Å². The van der Waals surface area contributed by atoms with Crippen LogP contribution in [-0.4, -0.2) is 20.9 Å². The third-order valence-corrected chi connectivity index (χ3v) is 6.72. The van der Waals surface area contributed by atoms with Crippen molar-refractivity contribution in [2.24, 2.45) is 0 Å². The maximum atomic E-state index is 12.9. The van der Waals surface area contributed by atoms with Gasteiger partial charge in [-0.2, -0.15) is 0 Å². The lowest BCUT2D eigenvalue weighted by atomic mass is 10.1. The lowest BCUT2D eigenvalue weighted by molar-refractivity contribution is 0.103. The monoisotopic (exact) mass is 463 g/mol. The molecule has 0 saturated heterocycles. The average Bonchev–Trinajstić information content (AvgIpc) is 3.39. The zero-order valence-electron chi connectivity index (χ0n) is 15.9. The van der Waals surface area contributed by atoms with Crippen LogP contribution in [0.15, 0.2) is 66.2 Å². The van der Waals surface area contributed by atoms with Crippen molar-refractivity contribution in [1.82, 2.24) is 15.0 Å². The molecule has 0 fully saturated rings. The second kappa shape index (κ2) is 8.07. The Morgan fingerprint density at radius 2 is 1.81 bits per heavy atom. The first kappa shape index (κ1) is 19.6. The van der Waals surface area contributed by atoms with Gasteiger partial charge in [-0.05, 0) is 36.4 Å². The van der Waals surface area contributed by atoms with Gasteiger partial charge in [0.1, 0.15) is 15.4 Å². The van der Waals surface area contributed by atoms with Crippen LogP contribution in [0, 0.1) is 0 Å². The summed E-state index contributed by atoms with van der Waals surface area (Å²) < 4.78 is 0. The van der Waals surface area contributed by atoms with Crippen LogP contribution in [0.25, 0.3) is 32.9 Å². The van der Waals surface area contributed by atoms with Gasteiger partial charge in [0.15, 0.2) is 5.13 Å². The molecule has 4 aromatic heterocycles. The number of pyridine rings is 2. The third kappa shape index (κ3) is 3.88. The number of hydrogen-bond acceptors (Lipinski definition) is 7. The van der Waals surface area contributed by atoms with Gasteiger partial charge < -0.3 is 5.73 Å². The van der Waals surface area contributed by atoms with E-state index in [1.165, 1.54) is 22.7 Å². The topological polar surface area (TPSA) is 93.8 Å². The van der Waals surface area contributed by atoms with Gasteiger partial charge in [0.05, 0.1) is 17.1 Å². The SMILES string of the molecule is Nc1c(C(=O)Nc2nc(-c3ccccn3)cs2)sc2nc(-c3ccc(Cl)cc3)ccc12. The number of hydrogen-bond donors (Lipinski definition) is 2. The van der Waals surface area contributed by atoms with E-state index >= 15 is 0 Å². The molecule has 31 heavy (non-hydrogen) atoms. The number of benzene rings is 1. The average molecular weight is 464 g/mol. The molecule has 0 spiro atoms. The first-order valence-corrected chi connectivity index (χ1v) is 11.3. The van der Waals surface area contributed by atoms with Gasteiger partial charge in [-0.15, -0.1) is 22.7 Å². The number of nitrogens with two attached hydrogens (primary N) is 1. The number of nitrogens with zero attached hydrogens (tertiary/aromatic N) is 3. The van der Waals surface area contributed by atoms with Gasteiger partial charge in [0.2, 0.25) is 0 Å². The Hall–Kier alpha value is -3.33. The molecule has 0 bridgehead atoms. The van der Waals surface area contributed by atoms with Crippen molar-refractivity contribution >= 4 is 61.2 Å². The molecule has 4 heterocycles. The number of thiophene rings is 1. The van der Waals surface area contributed by atoms with E-state index in [-0.39, 0.29) is 5.91 Å². The van der Waals surface area contributed by atoms with Gasteiger partial charge in [-0.25, -0.2) is 9.97 Å². The minimum atomic E-state index is -0.310. The van der Waals surface area contributed by atoms with Crippen LogP contribution in [0.3, 0.4) is 0 Å². The lowest BCUT2D eigenvalue weighted by Gasteiger charge is -2.01. The van der Waals surface area contributed by atoms with Crippen LogP contribution in [0.2, 0.25) is 5.02 Å². The zero-order chi connectivity index (χ0) is 21.4. The fourth-order valence-electron chi connectivity index (χ4n) is 3.06. The van der Waals surface area contributed by atoms with E-state index in [2.05, 4.69) is 20.3 Å². The standard InChI is InChI=1S/C22H14ClN5OS2/c23-13-6-4-12(5-7-13)15-9-8-14-18(24)19(31-21(14)26-15)20(29)28-22-27-17(11-30-22)16-3-1-2-10-25-16/h1-11H,24H2,(H,27,28,29). The summed E-state index contributed by atoms with van der Waals surface area (Å²) in [7, 11) is 0. The molecule has 5 rings (SSSR count). The number of amides is 1. The number of rotatable bonds is 4. The summed E-state index contributed by atoms with van der Waals surface area (Å²) in [6.45, 7) is 0. The quantitative estimate of drug-likeness (QED) is 0.342. The molecule has 0 radical (unpaired) electrons. The molecule has 152 valence electrons. The summed E-state index contributed by atoms with van der Waals surface area (Å²) in [6, 6.07) is 16.8. The van der Waals surface area contributed by atoms with E-state index in [9.17, 15) is 4.79 Å². The fraction of sp³-hybridized carbons (Fsp3) is 0. The maximum Gasteiger partial charge on any atom is 0.269 e. The van der Waals surface area contributed by atoms with Crippen molar-refractivity contribution in [1.29, 1.82) is 0 Å². The number of anilines is 2. The number of thiazole rings is 1. The van der Waals surface area contributed by atoms with Crippen LogP contribution < -0.4 is 11.1 Å². The minimum Gasteiger partial charge on any atom is -0.397 e. The number of fused-ring (bicyclic) bond motifs is 1. The van der Waals surface area contributed by atoms with Crippen molar-refractivity contribution in [3.8, 4) is 22.6 Å². The molecule has 0 saturated carbocycles. The molecule has 0 aliphatic carbocycles. The minimum absolute atomic E-state index is 0.310. The summed E-state index contributed by atoms with van der Waals surface area (Å²) in [5.74, 6) is -0.310. The number of aromatic nitrogens is 3. The van der Waals surface area contributed by atoms with Crippen molar-refractivity contribution in [2.45, 2.75) is 0 Å². The highest BCUT2D eigenvalue weighted by Gasteiger charge is 2.19. The van der Waals surface area contributed by atoms with E-state index in [1.807, 2.05) is 60.0 Å². The third-order valence-electron chi connectivity index (χ3n) is 4.59. The van der Waals surface area contributed by atoms with E-state index in [0.717, 1.165) is 22.3 Å². The Labute approximate surface area is 190 Å². The molecule has 1 aromatic carbocycles. The lowest BCUT2D eigenvalue weighted by Crippen LogP contribution is -2.11. The van der Waals surface area contributed by atoms with Crippen LogP contribution in [0.5, 0.6) is 0 Å². The molecule has 1 amide bonds. The second-order valence-electron chi connectivity index (χ2n) is 6.61. The maximum absolute atomic E-state index is 12.9. The number of nitrogens with one attached hydrogen (secondary N) is 1. The number of carbonyl (C=O) groups excluding carboxylic acids is 1. The molecule has 5 aromatic rings. The zero-order valence-corrected chi connectivity index (χ0v) is 18.3. The van der Waals surface area contributed by atoms with Crippen molar-refractivity contribution < 1.29 is 4.79 Å². The summed E-state index contributed by atoms with van der Waals surface area (Å²) in [6.07, 6.45) is 1.70. The van der Waals surface area contributed by atoms with Crippen LogP contribution in [0.1, 0.15) is 9.67 Å². The van der Waals surface area contributed by atoms with Gasteiger partial charge in [-0.1, -0.05) is 29.8 Å². The predicted molar refractivity (Wildman–Crippen MR) is 128 cm³/mol. The smallest absolute Gasteiger partial charge is 0.269 e. The van der Waals surface area contributed by atoms with Crippen LogP contribution in [-0.2, 0) is 0 Å². The molecule has 0 unspecified atom stereocenters. The molecular weight excluding hydrogens is 450 g/mol. The number of nitrogen functional groups attached to an aromatic ring is 1. The molecule has 0 aliphatic rings. The largest absolute Gasteiger partial charge is 0.397 e. The first-order valence-electron chi connectivity index (χ1n) is 9.22. The summed E-state index contributed by atoms with van der Waals surface area (Å²) in [4.78, 5) is 27.4. The highest BCUT2D eigenvalue weighted by molar-refractivity contribution is 7.21. The highest BCUT2D eigenvalue weighted by atomic mass is 35.5. The number of halogens is 1. The van der Waals surface area contributed by atoms with Crippen LogP contribution >= 0.6 is 34.3 Å². The van der Waals surface area contributed by atoms with Gasteiger partial charge in [0, 0.05) is 27.5 Å². The first-order chi connectivity index (χ1) is 15.1. The van der Waals surface area contributed by atoms with E-state index in [1.54, 1.807) is 6.20 Å². The van der Waals surface area contributed by atoms with Crippen LogP contribution in [0.4, 0.5) is 10.8 Å². The Morgan fingerprint density at radius 1 is 0.968 bits per heavy atom. The molecule has 0 aliphatic heterocycles.